The Morgan fingerprint density at radius 2 is 2.08 bits per heavy atom. The highest BCUT2D eigenvalue weighted by Crippen LogP contribution is 2.23. The van der Waals surface area contributed by atoms with Crippen molar-refractivity contribution >= 4 is 17.0 Å². The van der Waals surface area contributed by atoms with Crippen LogP contribution in [0.25, 0.3) is 11.0 Å². The first-order valence-corrected chi connectivity index (χ1v) is 9.29. The summed E-state index contributed by atoms with van der Waals surface area (Å²) in [6, 6.07) is 10.6. The molecule has 26 heavy (non-hydrogen) atoms. The minimum Gasteiger partial charge on any atom is -0.361 e. The molecule has 7 heteroatoms. The van der Waals surface area contributed by atoms with Gasteiger partial charge in [-0.25, -0.2) is 4.98 Å². The predicted molar refractivity (Wildman–Crippen MR) is 102 cm³/mol. The molecule has 0 saturated carbocycles. The van der Waals surface area contributed by atoms with Gasteiger partial charge in [0.2, 0.25) is 5.95 Å². The van der Waals surface area contributed by atoms with E-state index >= 15 is 0 Å². The highest BCUT2D eigenvalue weighted by Gasteiger charge is 2.21. The van der Waals surface area contributed by atoms with E-state index in [-0.39, 0.29) is 0 Å². The molecule has 3 N–H and O–H groups in total. The van der Waals surface area contributed by atoms with Crippen LogP contribution in [0.15, 0.2) is 34.9 Å². The number of aryl methyl sites for hydroxylation is 1. The second-order valence-electron chi connectivity index (χ2n) is 6.99. The Bertz CT molecular complexity index is 862. The molecule has 138 valence electrons. The molecule has 0 bridgehead atoms. The van der Waals surface area contributed by atoms with Gasteiger partial charge in [0, 0.05) is 38.3 Å². The maximum atomic E-state index is 5.67. The summed E-state index contributed by atoms with van der Waals surface area (Å²) in [5.74, 6) is 1.73. The Labute approximate surface area is 153 Å². The topological polar surface area (TPSA) is 85.1 Å². The standard InChI is InChI=1S/C19H26N6O/c1-14-12-16(23-26-14)13-25-18-5-3-2-4-17(18)22-19(25)21-15-6-9-24(10-7-15)11-8-20/h2-5,12,15H,6-11,13,20H2,1H3,(H,21,22). The molecule has 2 aromatic heterocycles. The Kier molecular flexibility index (Phi) is 4.90. The third-order valence-electron chi connectivity index (χ3n) is 5.02. The molecular weight excluding hydrogens is 328 g/mol. The third kappa shape index (κ3) is 3.59. The van der Waals surface area contributed by atoms with Gasteiger partial charge in [0.05, 0.1) is 17.6 Å². The number of nitrogens with zero attached hydrogens (tertiary/aromatic N) is 4. The largest absolute Gasteiger partial charge is 0.361 e. The quantitative estimate of drug-likeness (QED) is 0.706. The summed E-state index contributed by atoms with van der Waals surface area (Å²) >= 11 is 0. The van der Waals surface area contributed by atoms with Crippen molar-refractivity contribution in [2.24, 2.45) is 5.73 Å². The molecule has 0 spiro atoms. The van der Waals surface area contributed by atoms with Crippen LogP contribution in [0.2, 0.25) is 0 Å². The highest BCUT2D eigenvalue weighted by molar-refractivity contribution is 5.78. The maximum Gasteiger partial charge on any atom is 0.204 e. The lowest BCUT2D eigenvalue weighted by Crippen LogP contribution is -2.41. The first-order chi connectivity index (χ1) is 12.7. The van der Waals surface area contributed by atoms with E-state index in [0.29, 0.717) is 12.6 Å². The van der Waals surface area contributed by atoms with Crippen LogP contribution in [0.5, 0.6) is 0 Å². The van der Waals surface area contributed by atoms with Gasteiger partial charge in [-0.1, -0.05) is 17.3 Å². The SMILES string of the molecule is Cc1cc(Cn2c(NC3CCN(CCN)CC3)nc3ccccc32)no1. The molecule has 3 heterocycles. The molecule has 0 unspecified atom stereocenters. The average Bonchev–Trinajstić information content (AvgIpc) is 3.21. The zero-order valence-electron chi connectivity index (χ0n) is 15.2. The summed E-state index contributed by atoms with van der Waals surface area (Å²) in [6.45, 7) is 6.43. The number of benzene rings is 1. The predicted octanol–water partition coefficient (Wildman–Crippen LogP) is 2.22. The van der Waals surface area contributed by atoms with Gasteiger partial charge in [0.15, 0.2) is 0 Å². The number of likely N-dealkylation sites (tertiary alicyclic amines) is 1. The summed E-state index contributed by atoms with van der Waals surface area (Å²) in [4.78, 5) is 7.25. The number of hydrogen-bond donors (Lipinski definition) is 2. The number of nitrogens with one attached hydrogen (secondary N) is 1. The smallest absolute Gasteiger partial charge is 0.204 e. The molecule has 1 aliphatic rings. The molecule has 0 atom stereocenters. The first kappa shape index (κ1) is 17.1. The number of imidazole rings is 1. The number of rotatable bonds is 6. The fraction of sp³-hybridized carbons (Fsp3) is 0.474. The maximum absolute atomic E-state index is 5.67. The number of fused-ring (bicyclic) bond motifs is 1. The normalized spacial score (nSPS) is 16.4. The summed E-state index contributed by atoms with van der Waals surface area (Å²) < 4.78 is 7.42. The molecule has 1 saturated heterocycles. The van der Waals surface area contributed by atoms with Crippen LogP contribution >= 0.6 is 0 Å². The van der Waals surface area contributed by atoms with E-state index in [1.807, 2.05) is 25.1 Å². The Hall–Kier alpha value is -2.38. The van der Waals surface area contributed by atoms with Crippen molar-refractivity contribution in [1.29, 1.82) is 0 Å². The minimum absolute atomic E-state index is 0.429. The Morgan fingerprint density at radius 3 is 2.81 bits per heavy atom. The van der Waals surface area contributed by atoms with Crippen molar-refractivity contribution in [3.63, 3.8) is 0 Å². The van der Waals surface area contributed by atoms with E-state index < -0.39 is 0 Å². The zero-order chi connectivity index (χ0) is 17.9. The summed E-state index contributed by atoms with van der Waals surface area (Å²) in [5, 5.41) is 7.81. The molecule has 0 aliphatic carbocycles. The molecule has 1 fully saturated rings. The number of para-hydroxylation sites is 2. The van der Waals surface area contributed by atoms with Gasteiger partial charge in [0.1, 0.15) is 11.5 Å². The minimum atomic E-state index is 0.429. The van der Waals surface area contributed by atoms with Gasteiger partial charge in [-0.3, -0.25) is 0 Å². The lowest BCUT2D eigenvalue weighted by Gasteiger charge is -2.32. The van der Waals surface area contributed by atoms with E-state index in [1.54, 1.807) is 0 Å². The third-order valence-corrected chi connectivity index (χ3v) is 5.02. The van der Waals surface area contributed by atoms with Gasteiger partial charge in [-0.05, 0) is 31.9 Å². The van der Waals surface area contributed by atoms with Gasteiger partial charge >= 0.3 is 0 Å². The van der Waals surface area contributed by atoms with Crippen LogP contribution in [0.4, 0.5) is 5.95 Å². The van der Waals surface area contributed by atoms with E-state index in [1.165, 1.54) is 0 Å². The van der Waals surface area contributed by atoms with Crippen molar-refractivity contribution in [2.45, 2.75) is 32.4 Å². The zero-order valence-corrected chi connectivity index (χ0v) is 15.2. The second kappa shape index (κ2) is 7.47. The van der Waals surface area contributed by atoms with Crippen LogP contribution in [-0.4, -0.2) is 51.8 Å². The van der Waals surface area contributed by atoms with Crippen LogP contribution in [-0.2, 0) is 6.54 Å². The van der Waals surface area contributed by atoms with Gasteiger partial charge in [0.25, 0.3) is 0 Å². The van der Waals surface area contributed by atoms with E-state index in [0.717, 1.165) is 67.5 Å². The fourth-order valence-electron chi connectivity index (χ4n) is 3.67. The molecular formula is C19H26N6O. The van der Waals surface area contributed by atoms with Gasteiger partial charge in [-0.15, -0.1) is 0 Å². The molecule has 3 aromatic rings. The van der Waals surface area contributed by atoms with E-state index in [2.05, 4.69) is 32.1 Å². The van der Waals surface area contributed by atoms with Gasteiger partial charge in [-0.2, -0.15) is 0 Å². The average molecular weight is 354 g/mol. The van der Waals surface area contributed by atoms with Crippen LogP contribution < -0.4 is 11.1 Å². The number of hydrogen-bond acceptors (Lipinski definition) is 6. The van der Waals surface area contributed by atoms with Crippen molar-refractivity contribution in [1.82, 2.24) is 19.6 Å². The molecule has 1 aromatic carbocycles. The van der Waals surface area contributed by atoms with E-state index in [4.69, 9.17) is 15.2 Å². The van der Waals surface area contributed by atoms with Crippen molar-refractivity contribution in [3.05, 3.63) is 41.8 Å². The Morgan fingerprint density at radius 1 is 1.27 bits per heavy atom. The first-order valence-electron chi connectivity index (χ1n) is 9.29. The molecule has 0 radical (unpaired) electrons. The number of anilines is 1. The molecule has 1 aliphatic heterocycles. The van der Waals surface area contributed by atoms with E-state index in [9.17, 15) is 0 Å². The summed E-state index contributed by atoms with van der Waals surface area (Å²) in [7, 11) is 0. The number of nitrogens with two attached hydrogens (primary N) is 1. The van der Waals surface area contributed by atoms with Crippen LogP contribution in [0.1, 0.15) is 24.3 Å². The highest BCUT2D eigenvalue weighted by atomic mass is 16.5. The number of piperidine rings is 1. The lowest BCUT2D eigenvalue weighted by molar-refractivity contribution is 0.224. The van der Waals surface area contributed by atoms with Gasteiger partial charge < -0.3 is 25.0 Å². The number of aromatic nitrogens is 3. The molecule has 7 nitrogen and oxygen atoms in total. The van der Waals surface area contributed by atoms with Crippen LogP contribution in [0, 0.1) is 6.92 Å². The monoisotopic (exact) mass is 354 g/mol. The van der Waals surface area contributed by atoms with Crippen molar-refractivity contribution in [2.75, 3.05) is 31.5 Å². The Balaban J connectivity index is 1.55. The lowest BCUT2D eigenvalue weighted by atomic mass is 10.1. The van der Waals surface area contributed by atoms with Crippen LogP contribution in [0.3, 0.4) is 0 Å². The van der Waals surface area contributed by atoms with Crippen molar-refractivity contribution < 1.29 is 4.52 Å². The second-order valence-corrected chi connectivity index (χ2v) is 6.99. The molecule has 4 rings (SSSR count). The summed E-state index contributed by atoms with van der Waals surface area (Å²) in [5.41, 5.74) is 8.68. The fourth-order valence-corrected chi connectivity index (χ4v) is 3.67. The molecule has 0 amide bonds. The van der Waals surface area contributed by atoms with Crippen molar-refractivity contribution in [3.8, 4) is 0 Å². The summed E-state index contributed by atoms with van der Waals surface area (Å²) in [6.07, 6.45) is 2.21.